The van der Waals surface area contributed by atoms with E-state index in [4.69, 9.17) is 22.1 Å². The Bertz CT molecular complexity index is 955. The van der Waals surface area contributed by atoms with Crippen molar-refractivity contribution in [3.8, 4) is 16.9 Å². The Morgan fingerprint density at radius 1 is 1.18 bits per heavy atom. The molecule has 0 bridgehead atoms. The molecule has 1 fully saturated rings. The summed E-state index contributed by atoms with van der Waals surface area (Å²) in [7, 11) is 1.63. The number of rotatable bonds is 7. The molecule has 7 heteroatoms. The van der Waals surface area contributed by atoms with Crippen molar-refractivity contribution in [2.45, 2.75) is 12.8 Å². The number of thioether (sulfide) groups is 1. The summed E-state index contributed by atoms with van der Waals surface area (Å²) in [5.74, 6) is -0.313. The van der Waals surface area contributed by atoms with Gasteiger partial charge in [0.15, 0.2) is 0 Å². The van der Waals surface area contributed by atoms with Crippen LogP contribution < -0.4 is 4.74 Å². The molecular weight excluding hydrogens is 394 g/mol. The van der Waals surface area contributed by atoms with E-state index in [-0.39, 0.29) is 12.3 Å². The molecule has 0 radical (unpaired) electrons. The largest absolute Gasteiger partial charge is 0.496 e. The number of ether oxygens (including phenoxy) is 1. The average Bonchev–Trinajstić information content (AvgIpc) is 2.95. The Morgan fingerprint density at radius 2 is 1.86 bits per heavy atom. The van der Waals surface area contributed by atoms with Crippen LogP contribution >= 0.6 is 24.0 Å². The highest BCUT2D eigenvalue weighted by molar-refractivity contribution is 8.26. The van der Waals surface area contributed by atoms with E-state index in [0.29, 0.717) is 22.2 Å². The number of amides is 1. The summed E-state index contributed by atoms with van der Waals surface area (Å²) in [5, 5.41) is 8.78. The molecule has 2 aromatic rings. The molecule has 3 rings (SSSR count). The molecule has 1 amide bonds. The highest BCUT2D eigenvalue weighted by Gasteiger charge is 2.31. The third kappa shape index (κ3) is 4.43. The fourth-order valence-corrected chi connectivity index (χ4v) is 4.26. The van der Waals surface area contributed by atoms with Crippen molar-refractivity contribution in [2.75, 3.05) is 13.7 Å². The number of aliphatic carboxylic acids is 1. The van der Waals surface area contributed by atoms with Gasteiger partial charge in [0.05, 0.1) is 12.0 Å². The van der Waals surface area contributed by atoms with E-state index in [2.05, 4.69) is 0 Å². The standard InChI is InChI=1S/C21H19NO4S2/c1-26-17-10-5-4-9-16(17)15-8-3-2-7-14(15)13-18-20(25)22(21(27)28-18)12-6-11-19(23)24/h2-5,7-10,13H,6,11-12H2,1H3,(H,23,24)/b18-13-. The maximum absolute atomic E-state index is 12.7. The molecule has 1 aliphatic heterocycles. The normalized spacial score (nSPS) is 15.3. The quantitative estimate of drug-likeness (QED) is 0.535. The molecule has 5 nitrogen and oxygen atoms in total. The smallest absolute Gasteiger partial charge is 0.303 e. The van der Waals surface area contributed by atoms with Crippen LogP contribution in [0, 0.1) is 0 Å². The lowest BCUT2D eigenvalue weighted by molar-refractivity contribution is -0.137. The van der Waals surface area contributed by atoms with Gasteiger partial charge >= 0.3 is 5.97 Å². The molecule has 1 N–H and O–H groups in total. The summed E-state index contributed by atoms with van der Waals surface area (Å²) in [5.41, 5.74) is 2.78. The first-order valence-electron chi connectivity index (χ1n) is 8.71. The number of carboxylic acid groups (broad SMARTS) is 1. The fourth-order valence-electron chi connectivity index (χ4n) is 2.96. The second-order valence-corrected chi connectivity index (χ2v) is 7.79. The summed E-state index contributed by atoms with van der Waals surface area (Å²) in [4.78, 5) is 25.5. The van der Waals surface area contributed by atoms with E-state index in [1.807, 2.05) is 54.6 Å². The summed E-state index contributed by atoms with van der Waals surface area (Å²) in [6.07, 6.45) is 2.21. The predicted octanol–water partition coefficient (Wildman–Crippen LogP) is 4.43. The number of hydrogen-bond donors (Lipinski definition) is 1. The van der Waals surface area contributed by atoms with Crippen LogP contribution in [0.3, 0.4) is 0 Å². The van der Waals surface area contributed by atoms with E-state index in [9.17, 15) is 9.59 Å². The van der Waals surface area contributed by atoms with Gasteiger partial charge in [0.25, 0.3) is 5.91 Å². The van der Waals surface area contributed by atoms with E-state index in [1.54, 1.807) is 7.11 Å². The van der Waals surface area contributed by atoms with Crippen LogP contribution in [0.25, 0.3) is 17.2 Å². The summed E-state index contributed by atoms with van der Waals surface area (Å²) in [6.45, 7) is 0.308. The van der Waals surface area contributed by atoms with Gasteiger partial charge in [0.2, 0.25) is 0 Å². The van der Waals surface area contributed by atoms with Crippen molar-refractivity contribution >= 4 is 46.3 Å². The molecular formula is C21H19NO4S2. The molecule has 0 spiro atoms. The van der Waals surface area contributed by atoms with Gasteiger partial charge in [-0.3, -0.25) is 14.5 Å². The first-order valence-corrected chi connectivity index (χ1v) is 9.93. The van der Waals surface area contributed by atoms with Crippen molar-refractivity contribution in [3.63, 3.8) is 0 Å². The fraction of sp³-hybridized carbons (Fsp3) is 0.190. The molecule has 0 aromatic heterocycles. The van der Waals surface area contributed by atoms with Crippen LogP contribution in [0.1, 0.15) is 18.4 Å². The van der Waals surface area contributed by atoms with Crippen molar-refractivity contribution in [2.24, 2.45) is 0 Å². The summed E-state index contributed by atoms with van der Waals surface area (Å²) < 4.78 is 5.93. The number of carboxylic acids is 1. The minimum absolute atomic E-state index is 0.00669. The third-order valence-electron chi connectivity index (χ3n) is 4.29. The van der Waals surface area contributed by atoms with Gasteiger partial charge in [0.1, 0.15) is 10.1 Å². The maximum atomic E-state index is 12.7. The highest BCUT2D eigenvalue weighted by atomic mass is 32.2. The van der Waals surface area contributed by atoms with E-state index >= 15 is 0 Å². The molecule has 1 heterocycles. The van der Waals surface area contributed by atoms with Gasteiger partial charge in [-0.1, -0.05) is 66.4 Å². The number of hydrogen-bond acceptors (Lipinski definition) is 5. The average molecular weight is 414 g/mol. The molecule has 0 saturated carbocycles. The number of carbonyl (C=O) groups is 2. The lowest BCUT2D eigenvalue weighted by Crippen LogP contribution is -2.29. The molecule has 28 heavy (non-hydrogen) atoms. The molecule has 0 aliphatic carbocycles. The number of thiocarbonyl (C=S) groups is 1. The minimum atomic E-state index is -0.883. The predicted molar refractivity (Wildman–Crippen MR) is 115 cm³/mol. The Labute approximate surface area is 173 Å². The zero-order valence-corrected chi connectivity index (χ0v) is 16.9. The molecule has 1 aliphatic rings. The van der Waals surface area contributed by atoms with Crippen LogP contribution in [-0.4, -0.2) is 39.9 Å². The van der Waals surface area contributed by atoms with Crippen molar-refractivity contribution < 1.29 is 19.4 Å². The second-order valence-electron chi connectivity index (χ2n) is 6.12. The van der Waals surface area contributed by atoms with Gasteiger partial charge in [-0.2, -0.15) is 0 Å². The molecule has 0 atom stereocenters. The topological polar surface area (TPSA) is 66.8 Å². The zero-order valence-electron chi connectivity index (χ0n) is 15.3. The van der Waals surface area contributed by atoms with E-state index in [0.717, 1.165) is 22.4 Å². The SMILES string of the molecule is COc1ccccc1-c1ccccc1/C=C1\SC(=S)N(CCCC(=O)O)C1=O. The Balaban J connectivity index is 1.89. The van der Waals surface area contributed by atoms with Gasteiger partial charge in [-0.05, 0) is 29.7 Å². The Kier molecular flexibility index (Phi) is 6.49. The first kappa shape index (κ1) is 20.1. The van der Waals surface area contributed by atoms with Crippen LogP contribution in [0.2, 0.25) is 0 Å². The molecule has 1 saturated heterocycles. The van der Waals surface area contributed by atoms with Crippen molar-refractivity contribution in [1.29, 1.82) is 0 Å². The summed E-state index contributed by atoms with van der Waals surface area (Å²) in [6, 6.07) is 15.5. The van der Waals surface area contributed by atoms with E-state index in [1.165, 1.54) is 16.7 Å². The lowest BCUT2D eigenvalue weighted by Gasteiger charge is -2.13. The number of nitrogens with zero attached hydrogens (tertiary/aromatic N) is 1. The summed E-state index contributed by atoms with van der Waals surface area (Å²) >= 11 is 6.56. The lowest BCUT2D eigenvalue weighted by atomic mass is 9.98. The molecule has 0 unspecified atom stereocenters. The Hall–Kier alpha value is -2.64. The van der Waals surface area contributed by atoms with Crippen LogP contribution in [-0.2, 0) is 9.59 Å². The van der Waals surface area contributed by atoms with Crippen molar-refractivity contribution in [3.05, 3.63) is 59.0 Å². The number of methoxy groups -OCH3 is 1. The van der Waals surface area contributed by atoms with Crippen LogP contribution in [0.4, 0.5) is 0 Å². The van der Waals surface area contributed by atoms with Gasteiger partial charge in [-0.25, -0.2) is 0 Å². The van der Waals surface area contributed by atoms with Gasteiger partial charge in [-0.15, -0.1) is 0 Å². The molecule has 2 aromatic carbocycles. The number of para-hydroxylation sites is 1. The van der Waals surface area contributed by atoms with Crippen LogP contribution in [0.15, 0.2) is 53.4 Å². The van der Waals surface area contributed by atoms with Gasteiger partial charge in [0, 0.05) is 18.5 Å². The van der Waals surface area contributed by atoms with E-state index < -0.39 is 5.97 Å². The third-order valence-corrected chi connectivity index (χ3v) is 5.67. The minimum Gasteiger partial charge on any atom is -0.496 e. The second kappa shape index (κ2) is 9.03. The first-order chi connectivity index (χ1) is 13.5. The van der Waals surface area contributed by atoms with Crippen molar-refractivity contribution in [1.82, 2.24) is 4.90 Å². The highest BCUT2D eigenvalue weighted by Crippen LogP contribution is 2.37. The number of benzene rings is 2. The zero-order chi connectivity index (χ0) is 20.1. The monoisotopic (exact) mass is 413 g/mol. The van der Waals surface area contributed by atoms with Crippen LogP contribution in [0.5, 0.6) is 5.75 Å². The Morgan fingerprint density at radius 3 is 2.57 bits per heavy atom. The van der Waals surface area contributed by atoms with Gasteiger partial charge < -0.3 is 9.84 Å². The maximum Gasteiger partial charge on any atom is 0.303 e. The number of carbonyl (C=O) groups excluding carboxylic acids is 1. The molecule has 144 valence electrons.